The molecule has 0 aliphatic carbocycles. The molecule has 3 heterocycles. The van der Waals surface area contributed by atoms with Crippen molar-refractivity contribution in [3.63, 3.8) is 0 Å². The van der Waals surface area contributed by atoms with Gasteiger partial charge in [0.2, 0.25) is 0 Å². The van der Waals surface area contributed by atoms with Crippen molar-refractivity contribution >= 4 is 41.3 Å². The molecule has 2 fully saturated rings. The molecule has 0 aromatic carbocycles. The molecule has 0 saturated carbocycles. The van der Waals surface area contributed by atoms with Crippen LogP contribution in [0.4, 0.5) is 0 Å². The van der Waals surface area contributed by atoms with Gasteiger partial charge in [-0.1, -0.05) is 0 Å². The lowest BCUT2D eigenvalue weighted by atomic mass is 9.88. The van der Waals surface area contributed by atoms with Crippen LogP contribution >= 0.6 is 35.3 Å². The zero-order valence-electron chi connectivity index (χ0n) is 17.1. The Balaban J connectivity index is 0.00000280. The lowest BCUT2D eigenvalue weighted by Crippen LogP contribution is -2.58. The third-order valence-electron chi connectivity index (χ3n) is 5.82. The summed E-state index contributed by atoms with van der Waals surface area (Å²) in [5.41, 5.74) is 0.124. The van der Waals surface area contributed by atoms with E-state index < -0.39 is 5.60 Å². The van der Waals surface area contributed by atoms with Crippen LogP contribution in [-0.2, 0) is 10.3 Å². The van der Waals surface area contributed by atoms with Crippen LogP contribution in [0.2, 0.25) is 0 Å². The first-order valence-corrected chi connectivity index (χ1v) is 11.1. The second-order valence-corrected chi connectivity index (χ2v) is 8.65. The molecule has 0 spiro atoms. The van der Waals surface area contributed by atoms with Crippen LogP contribution in [0.5, 0.6) is 0 Å². The quantitative estimate of drug-likeness (QED) is 0.292. The van der Waals surface area contributed by atoms with E-state index in [-0.39, 0.29) is 29.5 Å². The minimum absolute atomic E-state index is 0. The van der Waals surface area contributed by atoms with Crippen LogP contribution in [0.25, 0.3) is 0 Å². The Labute approximate surface area is 190 Å². The summed E-state index contributed by atoms with van der Waals surface area (Å²) in [6.45, 7) is 9.92. The maximum absolute atomic E-state index is 10.8. The first-order valence-electron chi connectivity index (χ1n) is 10.2. The highest BCUT2D eigenvalue weighted by Gasteiger charge is 2.39. The van der Waals surface area contributed by atoms with Crippen molar-refractivity contribution in [2.24, 2.45) is 4.99 Å². The number of guanidine groups is 1. The van der Waals surface area contributed by atoms with Crippen molar-refractivity contribution in [2.75, 3.05) is 45.9 Å². The lowest BCUT2D eigenvalue weighted by Gasteiger charge is -2.45. The van der Waals surface area contributed by atoms with Crippen molar-refractivity contribution in [3.05, 3.63) is 22.4 Å². The molecule has 6 nitrogen and oxygen atoms in total. The van der Waals surface area contributed by atoms with E-state index in [0.717, 1.165) is 50.7 Å². The second kappa shape index (κ2) is 11.1. The molecular formula is C20H35IN4O2S. The largest absolute Gasteiger partial charge is 0.383 e. The predicted molar refractivity (Wildman–Crippen MR) is 127 cm³/mol. The monoisotopic (exact) mass is 522 g/mol. The summed E-state index contributed by atoms with van der Waals surface area (Å²) >= 11 is 1.60. The number of ether oxygens (including phenoxy) is 1. The SMILES string of the molecule is CCNC(=NCC(C)(O)c1ccsc1)NCC1(N2CCCC2)CCOCC1.I. The van der Waals surface area contributed by atoms with E-state index in [2.05, 4.69) is 27.4 Å². The number of thiophene rings is 1. The van der Waals surface area contributed by atoms with Crippen LogP contribution in [-0.4, -0.2) is 67.4 Å². The normalized spacial score (nSPS) is 22.3. The van der Waals surface area contributed by atoms with Crippen molar-refractivity contribution in [2.45, 2.75) is 50.7 Å². The van der Waals surface area contributed by atoms with Crippen LogP contribution in [0.1, 0.15) is 45.1 Å². The molecule has 3 rings (SSSR count). The van der Waals surface area contributed by atoms with Crippen LogP contribution in [0, 0.1) is 0 Å². The first kappa shape index (κ1) is 23.9. The highest BCUT2D eigenvalue weighted by molar-refractivity contribution is 14.0. The molecule has 1 atom stereocenters. The Hall–Kier alpha value is -0.420. The molecule has 1 aromatic heterocycles. The zero-order valence-corrected chi connectivity index (χ0v) is 20.2. The Morgan fingerprint density at radius 3 is 2.64 bits per heavy atom. The van der Waals surface area contributed by atoms with Gasteiger partial charge < -0.3 is 20.5 Å². The van der Waals surface area contributed by atoms with E-state index in [9.17, 15) is 5.11 Å². The molecule has 28 heavy (non-hydrogen) atoms. The van der Waals surface area contributed by atoms with Gasteiger partial charge in [-0.05, 0) is 75.0 Å². The third kappa shape index (κ3) is 6.04. The van der Waals surface area contributed by atoms with Gasteiger partial charge >= 0.3 is 0 Å². The highest BCUT2D eigenvalue weighted by Crippen LogP contribution is 2.30. The van der Waals surface area contributed by atoms with Crippen molar-refractivity contribution in [3.8, 4) is 0 Å². The summed E-state index contributed by atoms with van der Waals surface area (Å²) in [5.74, 6) is 0.776. The molecule has 1 unspecified atom stereocenters. The topological polar surface area (TPSA) is 69.1 Å². The summed E-state index contributed by atoms with van der Waals surface area (Å²) in [5, 5.41) is 21.6. The summed E-state index contributed by atoms with van der Waals surface area (Å²) in [7, 11) is 0. The average Bonchev–Trinajstić information content (AvgIpc) is 3.39. The molecule has 0 radical (unpaired) electrons. The number of likely N-dealkylation sites (tertiary alicyclic amines) is 1. The van der Waals surface area contributed by atoms with E-state index in [4.69, 9.17) is 4.74 Å². The fourth-order valence-electron chi connectivity index (χ4n) is 4.03. The number of nitrogens with zero attached hydrogens (tertiary/aromatic N) is 2. The maximum atomic E-state index is 10.8. The smallest absolute Gasteiger partial charge is 0.191 e. The molecule has 3 N–H and O–H groups in total. The van der Waals surface area contributed by atoms with E-state index in [0.29, 0.717) is 6.54 Å². The lowest BCUT2D eigenvalue weighted by molar-refractivity contribution is -0.0164. The second-order valence-electron chi connectivity index (χ2n) is 7.87. The summed E-state index contributed by atoms with van der Waals surface area (Å²) < 4.78 is 5.64. The Morgan fingerprint density at radius 1 is 1.32 bits per heavy atom. The van der Waals surface area contributed by atoms with Gasteiger partial charge in [0.1, 0.15) is 5.60 Å². The van der Waals surface area contributed by atoms with Crippen molar-refractivity contribution < 1.29 is 9.84 Å². The van der Waals surface area contributed by atoms with Crippen LogP contribution in [0.3, 0.4) is 0 Å². The maximum Gasteiger partial charge on any atom is 0.191 e. The minimum atomic E-state index is -0.951. The number of halogens is 1. The summed E-state index contributed by atoms with van der Waals surface area (Å²) in [6, 6.07) is 1.96. The number of nitrogens with one attached hydrogen (secondary N) is 2. The molecule has 2 aliphatic heterocycles. The number of hydrogen-bond acceptors (Lipinski definition) is 5. The van der Waals surface area contributed by atoms with Crippen molar-refractivity contribution in [1.29, 1.82) is 0 Å². The number of aliphatic imine (C=N–C) groups is 1. The standard InChI is InChI=1S/C20H34N4O2S.HI/c1-3-21-18(22-15-19(2,25)17-6-13-27-14-17)23-16-20(7-11-26-12-8-20)24-9-4-5-10-24;/h6,13-14,25H,3-5,7-12,15-16H2,1-2H3,(H2,21,22,23);1H. The Bertz CT molecular complexity index is 597. The fourth-order valence-corrected chi connectivity index (χ4v) is 4.82. The molecular weight excluding hydrogens is 487 g/mol. The fraction of sp³-hybridized carbons (Fsp3) is 0.750. The third-order valence-corrected chi connectivity index (χ3v) is 6.50. The molecule has 2 saturated heterocycles. The van der Waals surface area contributed by atoms with E-state index >= 15 is 0 Å². The summed E-state index contributed by atoms with van der Waals surface area (Å²) in [6.07, 6.45) is 4.71. The van der Waals surface area contributed by atoms with E-state index in [1.54, 1.807) is 11.3 Å². The van der Waals surface area contributed by atoms with Gasteiger partial charge in [0.05, 0.1) is 6.54 Å². The zero-order chi connectivity index (χ0) is 19.2. The molecule has 160 valence electrons. The Morgan fingerprint density at radius 2 is 2.04 bits per heavy atom. The first-order chi connectivity index (χ1) is 13.1. The average molecular weight is 522 g/mol. The van der Waals surface area contributed by atoms with Gasteiger partial charge in [-0.25, -0.2) is 4.99 Å². The molecule has 2 aliphatic rings. The number of aliphatic hydroxyl groups is 1. The van der Waals surface area contributed by atoms with Crippen LogP contribution in [0.15, 0.2) is 21.8 Å². The summed E-state index contributed by atoms with van der Waals surface area (Å²) in [4.78, 5) is 7.33. The van der Waals surface area contributed by atoms with Gasteiger partial charge in [0.15, 0.2) is 5.96 Å². The minimum Gasteiger partial charge on any atom is -0.383 e. The Kier molecular flexibility index (Phi) is 9.46. The van der Waals surface area contributed by atoms with Gasteiger partial charge in [-0.3, -0.25) is 4.90 Å². The predicted octanol–water partition coefficient (Wildman–Crippen LogP) is 2.77. The van der Waals surface area contributed by atoms with E-state index in [1.165, 1.54) is 25.9 Å². The van der Waals surface area contributed by atoms with Crippen LogP contribution < -0.4 is 10.6 Å². The van der Waals surface area contributed by atoms with Gasteiger partial charge in [-0.15, -0.1) is 24.0 Å². The van der Waals surface area contributed by atoms with Gasteiger partial charge in [0.25, 0.3) is 0 Å². The highest BCUT2D eigenvalue weighted by atomic mass is 127. The van der Waals surface area contributed by atoms with E-state index in [1.807, 2.05) is 23.8 Å². The van der Waals surface area contributed by atoms with Gasteiger partial charge in [-0.2, -0.15) is 11.3 Å². The van der Waals surface area contributed by atoms with Crippen molar-refractivity contribution in [1.82, 2.24) is 15.5 Å². The van der Waals surface area contributed by atoms with Gasteiger partial charge in [0, 0.05) is 31.8 Å². The number of hydrogen-bond donors (Lipinski definition) is 3. The molecule has 8 heteroatoms. The number of rotatable bonds is 7. The molecule has 0 amide bonds. The molecule has 0 bridgehead atoms. The molecule has 1 aromatic rings.